The Kier molecular flexibility index (Phi) is 25.6. The van der Waals surface area contributed by atoms with Crippen LogP contribution in [0.1, 0.15) is 126 Å². The van der Waals surface area contributed by atoms with E-state index in [1.807, 2.05) is 71.1 Å². The van der Waals surface area contributed by atoms with Gasteiger partial charge in [-0.25, -0.2) is 9.59 Å². The molecule has 0 unspecified atom stereocenters. The third kappa shape index (κ3) is 17.1. The summed E-state index contributed by atoms with van der Waals surface area (Å²) < 4.78 is 47.4. The highest BCUT2D eigenvalue weighted by Crippen LogP contribution is 2.38. The van der Waals surface area contributed by atoms with Gasteiger partial charge < -0.3 is 57.9 Å². The van der Waals surface area contributed by atoms with E-state index in [0.29, 0.717) is 76.5 Å². The van der Waals surface area contributed by atoms with Crippen molar-refractivity contribution in [3.8, 4) is 0 Å². The van der Waals surface area contributed by atoms with E-state index < -0.39 is 90.1 Å². The van der Waals surface area contributed by atoms with Gasteiger partial charge in [0.1, 0.15) is 30.5 Å². The summed E-state index contributed by atoms with van der Waals surface area (Å²) in [5.74, 6) is -7.01. The number of rotatable bonds is 11. The minimum absolute atomic E-state index is 0.0318. The van der Waals surface area contributed by atoms with Crippen LogP contribution in [0.15, 0.2) is 47.6 Å². The van der Waals surface area contributed by atoms with Crippen LogP contribution in [0.5, 0.6) is 0 Å². The van der Waals surface area contributed by atoms with Crippen molar-refractivity contribution in [3.63, 3.8) is 0 Å². The fourth-order valence-electron chi connectivity index (χ4n) is 11.2. The molecule has 3 fully saturated rings. The predicted octanol–water partition coefficient (Wildman–Crippen LogP) is 7.35. The number of ketones is 2. The first-order chi connectivity index (χ1) is 35.1. The minimum Gasteiger partial charge on any atom is -0.460 e. The van der Waals surface area contributed by atoms with Crippen molar-refractivity contribution in [3.05, 3.63) is 47.6 Å². The largest absolute Gasteiger partial charge is 0.460 e. The predicted molar refractivity (Wildman–Crippen MR) is 280 cm³/mol. The Hall–Kier alpha value is -3.81. The number of Topliss-reactive ketones (excluding diaryl/α,β-unsaturated/α-hetero) is 2. The molecule has 420 valence electrons. The second-order valence-electron chi connectivity index (χ2n) is 21.8. The van der Waals surface area contributed by atoms with Gasteiger partial charge in [0.15, 0.2) is 5.78 Å². The molecule has 17 nitrogen and oxygen atoms in total. The van der Waals surface area contributed by atoms with Crippen molar-refractivity contribution in [1.29, 1.82) is 0 Å². The van der Waals surface area contributed by atoms with E-state index in [0.717, 1.165) is 12.0 Å². The number of carbonyl (C=O) groups excluding carboxylic acids is 5. The number of cyclic esters (lactones) is 1. The van der Waals surface area contributed by atoms with Gasteiger partial charge in [0.2, 0.25) is 5.79 Å². The van der Waals surface area contributed by atoms with Crippen LogP contribution < -0.4 is 0 Å². The van der Waals surface area contributed by atoms with Crippen LogP contribution in [0.3, 0.4) is 0 Å². The SMILES string of the molecule is COCCN(C)C(=O)O[C@@H]1CC[C@@H](C[C@@H](C)[C@@H]2C[C@@H](OC)[C@H](C)/C=C(\C)[C@@H](O)[C@@H](OC)C(=O)[C@H](C)C[C@H](C)/C=C/C=C/C=C(\C)[C@@H](OC)C[C@@H]3CC[C@@H](C)[C@@](O)(O3)C(=O)C(=O)N3CCCC[C@H]3C(=O)O2)C[C@H]1OC. The van der Waals surface area contributed by atoms with Crippen molar-refractivity contribution in [2.45, 2.75) is 186 Å². The third-order valence-corrected chi connectivity index (χ3v) is 16.1. The van der Waals surface area contributed by atoms with Gasteiger partial charge in [0, 0.05) is 86.3 Å². The van der Waals surface area contributed by atoms with Crippen molar-refractivity contribution < 1.29 is 72.1 Å². The summed E-state index contributed by atoms with van der Waals surface area (Å²) in [7, 11) is 9.42. The Balaban J connectivity index is 1.70. The number of aliphatic hydroxyl groups excluding tert-OH is 1. The van der Waals surface area contributed by atoms with Crippen molar-refractivity contribution in [1.82, 2.24) is 9.80 Å². The van der Waals surface area contributed by atoms with Crippen molar-refractivity contribution >= 4 is 29.5 Å². The number of esters is 1. The lowest BCUT2D eigenvalue weighted by Gasteiger charge is -2.43. The number of amides is 2. The molecule has 0 aromatic rings. The molecule has 0 radical (unpaired) electrons. The molecule has 2 saturated heterocycles. The van der Waals surface area contributed by atoms with Crippen LogP contribution in [0.25, 0.3) is 0 Å². The maximum absolute atomic E-state index is 14.7. The van der Waals surface area contributed by atoms with Gasteiger partial charge in [-0.05, 0) is 107 Å². The number of likely N-dealkylation sites (N-methyl/N-ethyl adjacent to an activating group) is 1. The molecule has 0 aromatic heterocycles. The zero-order chi connectivity index (χ0) is 54.9. The first kappa shape index (κ1) is 62.7. The van der Waals surface area contributed by atoms with Crippen molar-refractivity contribution in [2.75, 3.05) is 62.3 Å². The van der Waals surface area contributed by atoms with Crippen molar-refractivity contribution in [2.24, 2.45) is 35.5 Å². The summed E-state index contributed by atoms with van der Waals surface area (Å²) in [6.07, 6.45) is 11.5. The second kappa shape index (κ2) is 30.2. The highest BCUT2D eigenvalue weighted by atomic mass is 16.6. The van der Waals surface area contributed by atoms with Crippen LogP contribution >= 0.6 is 0 Å². The molecule has 1 saturated carbocycles. The number of carbonyl (C=O) groups is 5. The lowest BCUT2D eigenvalue weighted by Crippen LogP contribution is -2.61. The van der Waals surface area contributed by atoms with E-state index in [2.05, 4.69) is 0 Å². The topological polar surface area (TPSA) is 206 Å². The quantitative estimate of drug-likeness (QED) is 0.118. The average molecular weight is 1050 g/mol. The van der Waals surface area contributed by atoms with Gasteiger partial charge in [0.05, 0.1) is 31.0 Å². The molecule has 17 heteroatoms. The second-order valence-corrected chi connectivity index (χ2v) is 21.8. The average Bonchev–Trinajstić information content (AvgIpc) is 3.38. The third-order valence-electron chi connectivity index (χ3n) is 16.1. The number of aliphatic hydroxyl groups is 2. The van der Waals surface area contributed by atoms with E-state index in [1.165, 1.54) is 16.9 Å². The molecule has 3 heterocycles. The first-order valence-electron chi connectivity index (χ1n) is 27.0. The van der Waals surface area contributed by atoms with Crippen LogP contribution in [0, 0.1) is 35.5 Å². The van der Waals surface area contributed by atoms with E-state index in [9.17, 15) is 34.2 Å². The molecule has 2 bridgehead atoms. The van der Waals surface area contributed by atoms with Gasteiger partial charge in [-0.2, -0.15) is 0 Å². The minimum atomic E-state index is -2.43. The summed E-state index contributed by atoms with van der Waals surface area (Å²) in [5, 5.41) is 23.7. The fourth-order valence-corrected chi connectivity index (χ4v) is 11.2. The van der Waals surface area contributed by atoms with Crippen LogP contribution in [-0.2, 0) is 57.1 Å². The molecule has 3 aliphatic heterocycles. The standard InChI is InChI=1S/C57H92N2O15/c1-35-19-15-14-16-20-36(2)46(68-10)33-43-24-22-41(7)57(66,74-43)53(62)54(63)59-26-18-17-21-44(59)55(64)72-48(34-47(69-11)37(3)30-40(6)51(61)52(71-13)50(60)39(5)29-35)38(4)31-42-23-25-45(49(32-42)70-12)73-56(65)58(8)27-28-67-9/h14-16,19-20,30,35,37-39,41-49,51-52,61,66H,17-18,21-29,31-34H2,1-13H3/b16-14+,19-15+,36-20+,40-30+/t35-,37-,38-,39-,41-,42+,43+,44+,45-,46+,47-,48+,49-,51-,52+,57-/m1/s1. The number of hydrogen-bond acceptors (Lipinski definition) is 15. The first-order valence-corrected chi connectivity index (χ1v) is 27.0. The summed E-state index contributed by atoms with van der Waals surface area (Å²) in [5.41, 5.74) is 1.41. The maximum atomic E-state index is 14.7. The lowest BCUT2D eigenvalue weighted by molar-refractivity contribution is -0.265. The van der Waals surface area contributed by atoms with E-state index in [4.69, 9.17) is 37.9 Å². The Morgan fingerprint density at radius 3 is 2.22 bits per heavy atom. The molecule has 1 aliphatic carbocycles. The number of hydrogen-bond donors (Lipinski definition) is 2. The molecular formula is C57H92N2O15. The molecule has 16 atom stereocenters. The highest BCUT2D eigenvalue weighted by Gasteiger charge is 2.53. The zero-order valence-corrected chi connectivity index (χ0v) is 46.8. The summed E-state index contributed by atoms with van der Waals surface area (Å²) in [6.45, 7) is 14.1. The molecule has 2 N–H and O–H groups in total. The number of allylic oxidation sites excluding steroid dienone is 5. The molecule has 0 spiro atoms. The van der Waals surface area contributed by atoms with E-state index in [1.54, 1.807) is 49.3 Å². The van der Waals surface area contributed by atoms with Crippen LogP contribution in [0.4, 0.5) is 4.79 Å². The summed E-state index contributed by atoms with van der Waals surface area (Å²) in [4.78, 5) is 73.1. The Morgan fingerprint density at radius 2 is 1.55 bits per heavy atom. The van der Waals surface area contributed by atoms with Gasteiger partial charge in [-0.3, -0.25) is 14.4 Å². The molecular weight excluding hydrogens is 953 g/mol. The summed E-state index contributed by atoms with van der Waals surface area (Å²) in [6, 6.07) is -1.10. The smallest absolute Gasteiger partial charge is 0.409 e. The van der Waals surface area contributed by atoms with Gasteiger partial charge in [-0.1, -0.05) is 71.1 Å². The normalized spacial score (nSPS) is 37.8. The molecule has 74 heavy (non-hydrogen) atoms. The zero-order valence-electron chi connectivity index (χ0n) is 46.8. The Morgan fingerprint density at radius 1 is 0.838 bits per heavy atom. The van der Waals surface area contributed by atoms with E-state index >= 15 is 0 Å². The van der Waals surface area contributed by atoms with Gasteiger partial charge >= 0.3 is 12.1 Å². The molecule has 4 rings (SSSR count). The van der Waals surface area contributed by atoms with Crippen LogP contribution in [0.2, 0.25) is 0 Å². The molecule has 4 aliphatic rings. The fraction of sp³-hybridized carbons (Fsp3) is 0.772. The monoisotopic (exact) mass is 1040 g/mol. The molecule has 0 aromatic carbocycles. The lowest BCUT2D eigenvalue weighted by atomic mass is 9.78. The number of nitrogens with zero attached hydrogens (tertiary/aromatic N) is 2. The molecule has 2 amide bonds. The van der Waals surface area contributed by atoms with Crippen LogP contribution in [-0.4, -0.2) is 173 Å². The Bertz CT molecular complexity index is 1950. The Labute approximate surface area is 441 Å². The maximum Gasteiger partial charge on any atom is 0.409 e. The van der Waals surface area contributed by atoms with Gasteiger partial charge in [-0.15, -0.1) is 0 Å². The highest BCUT2D eigenvalue weighted by molar-refractivity contribution is 6.39. The number of piperidine rings is 1. The van der Waals surface area contributed by atoms with Gasteiger partial charge in [0.25, 0.3) is 11.7 Å². The number of fused-ring (bicyclic) bond motifs is 3. The summed E-state index contributed by atoms with van der Waals surface area (Å²) >= 11 is 0. The van der Waals surface area contributed by atoms with E-state index in [-0.39, 0.29) is 54.9 Å². The number of methoxy groups -OCH3 is 5. The number of ether oxygens (including phenoxy) is 8.